The molecule has 4 aliphatic rings. The van der Waals surface area contributed by atoms with Crippen molar-refractivity contribution in [2.24, 2.45) is 40.4 Å². The van der Waals surface area contributed by atoms with Crippen molar-refractivity contribution in [3.8, 4) is 0 Å². The number of aliphatic hydroxyl groups excluding tert-OH is 3. The highest BCUT2D eigenvalue weighted by atomic mass is 16.6. The highest BCUT2D eigenvalue weighted by Gasteiger charge is 2.59. The zero-order valence-corrected chi connectivity index (χ0v) is 20.2. The van der Waals surface area contributed by atoms with E-state index in [0.717, 1.165) is 32.1 Å². The third-order valence-corrected chi connectivity index (χ3v) is 9.79. The Labute approximate surface area is 188 Å². The molecule has 0 amide bonds. The van der Waals surface area contributed by atoms with Gasteiger partial charge >= 0.3 is 0 Å². The summed E-state index contributed by atoms with van der Waals surface area (Å²) in [6.45, 7) is 11.8. The van der Waals surface area contributed by atoms with E-state index >= 15 is 0 Å². The van der Waals surface area contributed by atoms with E-state index in [1.807, 2.05) is 0 Å². The summed E-state index contributed by atoms with van der Waals surface area (Å²) in [6.07, 6.45) is 9.60. The lowest BCUT2D eigenvalue weighted by Gasteiger charge is -2.56. The molecule has 176 valence electrons. The van der Waals surface area contributed by atoms with Gasteiger partial charge in [-0.25, -0.2) is 0 Å². The fourth-order valence-corrected chi connectivity index (χ4v) is 7.73. The van der Waals surface area contributed by atoms with Crippen LogP contribution in [0.25, 0.3) is 0 Å². The van der Waals surface area contributed by atoms with Crippen LogP contribution in [-0.4, -0.2) is 40.4 Å². The minimum atomic E-state index is -0.692. The van der Waals surface area contributed by atoms with Gasteiger partial charge in [0.2, 0.25) is 0 Å². The molecule has 4 unspecified atom stereocenters. The molecule has 31 heavy (non-hydrogen) atoms. The van der Waals surface area contributed by atoms with E-state index in [2.05, 4.69) is 46.8 Å². The Morgan fingerprint density at radius 2 is 1.81 bits per heavy atom. The van der Waals surface area contributed by atoms with E-state index in [9.17, 15) is 15.3 Å². The molecule has 0 saturated heterocycles. The van der Waals surface area contributed by atoms with Crippen LogP contribution in [0.3, 0.4) is 0 Å². The molecular formula is C27H44O4. The number of hydrogen-bond donors (Lipinski definition) is 3. The fraction of sp³-hybridized carbons (Fsp3) is 0.852. The monoisotopic (exact) mass is 432 g/mol. The molecule has 0 spiro atoms. The Morgan fingerprint density at radius 1 is 1.06 bits per heavy atom. The van der Waals surface area contributed by atoms with Crippen molar-refractivity contribution < 1.29 is 20.1 Å². The van der Waals surface area contributed by atoms with E-state index in [-0.39, 0.29) is 16.7 Å². The van der Waals surface area contributed by atoms with Gasteiger partial charge in [-0.2, -0.15) is 0 Å². The maximum Gasteiger partial charge on any atom is 0.157 e. The number of hydrogen-bond acceptors (Lipinski definition) is 4. The van der Waals surface area contributed by atoms with Crippen LogP contribution >= 0.6 is 0 Å². The van der Waals surface area contributed by atoms with Crippen molar-refractivity contribution in [1.82, 2.24) is 0 Å². The largest absolute Gasteiger partial charge is 0.393 e. The molecule has 9 atom stereocenters. The minimum Gasteiger partial charge on any atom is -0.393 e. The van der Waals surface area contributed by atoms with Crippen molar-refractivity contribution in [3.05, 3.63) is 23.3 Å². The summed E-state index contributed by atoms with van der Waals surface area (Å²) in [5.74, 6) is 2.04. The summed E-state index contributed by atoms with van der Waals surface area (Å²) in [5.41, 5.74) is 2.67. The van der Waals surface area contributed by atoms with Crippen molar-refractivity contribution in [3.63, 3.8) is 0 Å². The quantitative estimate of drug-likeness (QED) is 0.526. The molecular weight excluding hydrogens is 388 g/mol. The average Bonchev–Trinajstić information content (AvgIpc) is 3.05. The summed E-state index contributed by atoms with van der Waals surface area (Å²) in [4.78, 5) is 0. The van der Waals surface area contributed by atoms with Crippen molar-refractivity contribution in [2.45, 2.75) is 98.1 Å². The second-order valence-electron chi connectivity index (χ2n) is 11.9. The van der Waals surface area contributed by atoms with Gasteiger partial charge in [-0.15, -0.1) is 0 Å². The summed E-state index contributed by atoms with van der Waals surface area (Å²) >= 11 is 0. The Balaban J connectivity index is 1.53. The lowest BCUT2D eigenvalue weighted by molar-refractivity contribution is -0.155. The topological polar surface area (TPSA) is 69.9 Å². The zero-order valence-electron chi connectivity index (χ0n) is 20.2. The molecule has 4 rings (SSSR count). The van der Waals surface area contributed by atoms with Crippen LogP contribution in [0.1, 0.15) is 79.6 Å². The van der Waals surface area contributed by atoms with Crippen LogP contribution in [0, 0.1) is 40.4 Å². The Hall–Kier alpha value is -0.680. The van der Waals surface area contributed by atoms with Gasteiger partial charge in [-0.05, 0) is 67.6 Å². The lowest BCUT2D eigenvalue weighted by atomic mass is 9.49. The molecule has 0 bridgehead atoms. The third kappa shape index (κ3) is 3.86. The van der Waals surface area contributed by atoms with Crippen LogP contribution in [0.15, 0.2) is 23.3 Å². The second-order valence-corrected chi connectivity index (χ2v) is 11.9. The fourth-order valence-electron chi connectivity index (χ4n) is 7.73. The summed E-state index contributed by atoms with van der Waals surface area (Å²) < 4.78 is 5.84. The SMILES string of the molecule is CC(C)CCOC(O)C(C)[C@H]1CCC2C3=CC=C4C[C@H](O)C[C@@H](O)[C@]4(C)C3CC[C@@]21C. The van der Waals surface area contributed by atoms with Crippen molar-refractivity contribution in [2.75, 3.05) is 6.61 Å². The number of allylic oxidation sites excluding steroid dienone is 3. The normalized spacial score (nSPS) is 44.1. The molecule has 4 aliphatic carbocycles. The van der Waals surface area contributed by atoms with Crippen LogP contribution in [0.5, 0.6) is 0 Å². The Morgan fingerprint density at radius 3 is 2.52 bits per heavy atom. The first-order chi connectivity index (χ1) is 14.6. The molecule has 0 heterocycles. The molecule has 4 nitrogen and oxygen atoms in total. The summed E-state index contributed by atoms with van der Waals surface area (Å²) in [7, 11) is 0. The Bertz CT molecular complexity index is 727. The van der Waals surface area contributed by atoms with Crippen LogP contribution in [-0.2, 0) is 4.74 Å². The van der Waals surface area contributed by atoms with E-state index in [1.165, 1.54) is 11.1 Å². The summed E-state index contributed by atoms with van der Waals surface area (Å²) in [5, 5.41) is 32.0. The molecule has 4 heteroatoms. The molecule has 3 fully saturated rings. The predicted octanol–water partition coefficient (Wildman–Crippen LogP) is 4.83. The van der Waals surface area contributed by atoms with Crippen LogP contribution in [0.2, 0.25) is 0 Å². The van der Waals surface area contributed by atoms with Gasteiger partial charge in [0.15, 0.2) is 6.29 Å². The van der Waals surface area contributed by atoms with Crippen molar-refractivity contribution >= 4 is 0 Å². The van der Waals surface area contributed by atoms with E-state index < -0.39 is 18.5 Å². The predicted molar refractivity (Wildman–Crippen MR) is 123 cm³/mol. The van der Waals surface area contributed by atoms with Gasteiger partial charge in [-0.1, -0.05) is 57.9 Å². The molecule has 3 N–H and O–H groups in total. The maximum atomic E-state index is 11.0. The second kappa shape index (κ2) is 8.59. The number of ether oxygens (including phenoxy) is 1. The maximum absolute atomic E-state index is 11.0. The van der Waals surface area contributed by atoms with Gasteiger partial charge in [0.1, 0.15) is 0 Å². The highest BCUT2D eigenvalue weighted by molar-refractivity contribution is 5.40. The Kier molecular flexibility index (Phi) is 6.51. The lowest BCUT2D eigenvalue weighted by Crippen LogP contribution is -2.52. The van der Waals surface area contributed by atoms with Crippen LogP contribution in [0.4, 0.5) is 0 Å². The van der Waals surface area contributed by atoms with Gasteiger partial charge in [0.05, 0.1) is 12.2 Å². The van der Waals surface area contributed by atoms with Gasteiger partial charge in [-0.3, -0.25) is 0 Å². The number of rotatable bonds is 6. The molecule has 0 aromatic carbocycles. The number of aliphatic hydroxyl groups is 3. The molecule has 0 aromatic heterocycles. The van der Waals surface area contributed by atoms with E-state index in [4.69, 9.17) is 4.74 Å². The van der Waals surface area contributed by atoms with Gasteiger partial charge < -0.3 is 20.1 Å². The van der Waals surface area contributed by atoms with Gasteiger partial charge in [0, 0.05) is 24.4 Å². The molecule has 0 aromatic rings. The average molecular weight is 433 g/mol. The third-order valence-electron chi connectivity index (χ3n) is 9.79. The first-order valence-corrected chi connectivity index (χ1v) is 12.7. The number of fused-ring (bicyclic) bond motifs is 5. The zero-order chi connectivity index (χ0) is 22.6. The standard InChI is InChI=1S/C27H44O4/c1-16(2)11-13-31-25(30)17(3)21-8-9-22-20-7-6-18-14-19(28)15-24(29)27(18,5)23(20)10-12-26(21,22)4/h6-7,16-17,19,21-25,28-30H,8-15H2,1-5H3/t17?,19-,21+,22?,23?,24+,25?,26+,27-/m0/s1. The first kappa shape index (κ1) is 23.5. The smallest absolute Gasteiger partial charge is 0.157 e. The van der Waals surface area contributed by atoms with Crippen molar-refractivity contribution in [1.29, 1.82) is 0 Å². The van der Waals surface area contributed by atoms with Gasteiger partial charge in [0.25, 0.3) is 0 Å². The highest BCUT2D eigenvalue weighted by Crippen LogP contribution is 2.66. The molecule has 0 radical (unpaired) electrons. The van der Waals surface area contributed by atoms with Crippen LogP contribution < -0.4 is 0 Å². The van der Waals surface area contributed by atoms with E-state index in [1.54, 1.807) is 0 Å². The molecule has 0 aliphatic heterocycles. The minimum absolute atomic E-state index is 0.125. The molecule has 3 saturated carbocycles. The first-order valence-electron chi connectivity index (χ1n) is 12.7. The van der Waals surface area contributed by atoms with E-state index in [0.29, 0.717) is 43.1 Å². The summed E-state index contributed by atoms with van der Waals surface area (Å²) in [6, 6.07) is 0.